The predicted molar refractivity (Wildman–Crippen MR) is 143 cm³/mol. The van der Waals surface area contributed by atoms with Gasteiger partial charge >= 0.3 is 0 Å². The second kappa shape index (κ2) is 9.08. The topological polar surface area (TPSA) is 91.9 Å². The van der Waals surface area contributed by atoms with Crippen LogP contribution >= 0.6 is 0 Å². The smallest absolute Gasteiger partial charge is 0.176 e. The Hall–Kier alpha value is -3.56. The molecule has 9 heteroatoms. The van der Waals surface area contributed by atoms with E-state index in [1.165, 1.54) is 11.8 Å². The number of hydrogen-bond acceptors (Lipinski definition) is 6. The van der Waals surface area contributed by atoms with E-state index < -0.39 is 9.84 Å². The summed E-state index contributed by atoms with van der Waals surface area (Å²) in [4.78, 5) is 5.18. The van der Waals surface area contributed by atoms with Crippen molar-refractivity contribution in [3.05, 3.63) is 72.1 Å². The zero-order chi connectivity index (χ0) is 25.7. The van der Waals surface area contributed by atoms with Gasteiger partial charge in [-0.15, -0.1) is 5.10 Å². The van der Waals surface area contributed by atoms with Gasteiger partial charge in [0.25, 0.3) is 0 Å². The van der Waals surface area contributed by atoms with Crippen LogP contribution in [0.5, 0.6) is 0 Å². The molecule has 0 bridgehead atoms. The number of fused-ring (bicyclic) bond motifs is 3. The number of aryl methyl sites for hydroxylation is 2. The van der Waals surface area contributed by atoms with Crippen LogP contribution in [0.15, 0.2) is 65.7 Å². The first-order valence-electron chi connectivity index (χ1n) is 12.5. The van der Waals surface area contributed by atoms with Gasteiger partial charge in [-0.1, -0.05) is 41.6 Å². The minimum atomic E-state index is -3.49. The minimum Gasteiger partial charge on any atom is -0.381 e. The minimum absolute atomic E-state index is 0.0114. The Kier molecular flexibility index (Phi) is 5.84. The third kappa shape index (κ3) is 4.02. The first kappa shape index (κ1) is 23.8. The van der Waals surface area contributed by atoms with Gasteiger partial charge in [0.05, 0.1) is 38.9 Å². The largest absolute Gasteiger partial charge is 0.381 e. The summed E-state index contributed by atoms with van der Waals surface area (Å²) in [5.74, 6) is 0.320. The van der Waals surface area contributed by atoms with E-state index in [1.807, 2.05) is 32.2 Å². The molecule has 1 aliphatic heterocycles. The lowest BCUT2D eigenvalue weighted by atomic mass is 9.86. The van der Waals surface area contributed by atoms with E-state index in [0.717, 1.165) is 40.8 Å². The van der Waals surface area contributed by atoms with E-state index in [1.54, 1.807) is 16.9 Å². The molecule has 0 spiro atoms. The maximum absolute atomic E-state index is 12.9. The van der Waals surface area contributed by atoms with Crippen LogP contribution in [0.4, 0.5) is 0 Å². The van der Waals surface area contributed by atoms with Crippen molar-refractivity contribution in [1.82, 2.24) is 24.5 Å². The van der Waals surface area contributed by atoms with Crippen molar-refractivity contribution in [3.63, 3.8) is 0 Å². The second-order valence-corrected chi connectivity index (χ2v) is 11.8. The van der Waals surface area contributed by atoms with Crippen LogP contribution in [0.1, 0.15) is 30.1 Å². The molecule has 1 aliphatic rings. The molecule has 0 aliphatic carbocycles. The highest BCUT2D eigenvalue weighted by Crippen LogP contribution is 2.42. The molecule has 3 aromatic heterocycles. The number of pyridine rings is 1. The number of rotatable bonds is 5. The van der Waals surface area contributed by atoms with Crippen molar-refractivity contribution in [2.75, 3.05) is 19.5 Å². The van der Waals surface area contributed by atoms with Crippen molar-refractivity contribution in [3.8, 4) is 11.3 Å². The Bertz CT molecular complexity index is 1700. The molecule has 8 nitrogen and oxygen atoms in total. The third-order valence-electron chi connectivity index (χ3n) is 7.43. The average molecular weight is 516 g/mol. The van der Waals surface area contributed by atoms with Crippen LogP contribution in [-0.2, 0) is 21.6 Å². The molecule has 6 rings (SSSR count). The maximum atomic E-state index is 12.9. The summed E-state index contributed by atoms with van der Waals surface area (Å²) >= 11 is 0. The number of sulfone groups is 1. The summed E-state index contributed by atoms with van der Waals surface area (Å²) in [6, 6.07) is 18.1. The molecule has 2 aromatic carbocycles. The van der Waals surface area contributed by atoms with Gasteiger partial charge in [-0.3, -0.25) is 4.98 Å². The fourth-order valence-corrected chi connectivity index (χ4v) is 6.72. The molecule has 5 aromatic rings. The molecule has 0 saturated carbocycles. The molecule has 1 saturated heterocycles. The fourth-order valence-electron chi connectivity index (χ4n) is 5.83. The quantitative estimate of drug-likeness (QED) is 0.337. The zero-order valence-corrected chi connectivity index (χ0v) is 21.9. The molecule has 0 N–H and O–H groups in total. The lowest BCUT2D eigenvalue weighted by molar-refractivity contribution is 0.0553. The maximum Gasteiger partial charge on any atom is 0.176 e. The van der Waals surface area contributed by atoms with E-state index in [2.05, 4.69) is 45.2 Å². The van der Waals surface area contributed by atoms with Crippen LogP contribution in [-0.4, -0.2) is 52.4 Å². The number of hydrogen-bond donors (Lipinski definition) is 0. The fraction of sp³-hybridized carbons (Fsp3) is 0.321. The van der Waals surface area contributed by atoms with Crippen molar-refractivity contribution in [2.24, 2.45) is 13.0 Å². The molecule has 190 valence electrons. The monoisotopic (exact) mass is 515 g/mol. The molecule has 0 radical (unpaired) electrons. The Morgan fingerprint density at radius 3 is 2.46 bits per heavy atom. The van der Waals surface area contributed by atoms with Crippen LogP contribution in [0, 0.1) is 12.8 Å². The standard InChI is InChI=1S/C28H29N5O3S/c1-18-27(32(2)31-30-18)21-16-23-26(29-17-21)25-22(10-7-11-24(25)37(3,34)35)33(23)28(19-8-5-4-6-9-19)20-12-14-36-15-13-20/h4-11,16-17,20,28H,12-15H2,1-3H3/t28-/m1/s1. The number of ether oxygens (including phenoxy) is 1. The van der Waals surface area contributed by atoms with Gasteiger partial charge < -0.3 is 9.30 Å². The Balaban J connectivity index is 1.73. The first-order chi connectivity index (χ1) is 17.8. The van der Waals surface area contributed by atoms with Gasteiger partial charge in [0.1, 0.15) is 0 Å². The van der Waals surface area contributed by atoms with Crippen LogP contribution < -0.4 is 0 Å². The van der Waals surface area contributed by atoms with Crippen LogP contribution in [0.2, 0.25) is 0 Å². The zero-order valence-electron chi connectivity index (χ0n) is 21.1. The lowest BCUT2D eigenvalue weighted by Gasteiger charge is -2.33. The summed E-state index contributed by atoms with van der Waals surface area (Å²) in [5.41, 5.74) is 6.21. The summed E-state index contributed by atoms with van der Waals surface area (Å²) in [5, 5.41) is 9.07. The van der Waals surface area contributed by atoms with Crippen LogP contribution in [0.25, 0.3) is 33.2 Å². The Morgan fingerprint density at radius 2 is 1.78 bits per heavy atom. The molecule has 0 unspecified atom stereocenters. The highest BCUT2D eigenvalue weighted by atomic mass is 32.2. The van der Waals surface area contributed by atoms with E-state index in [9.17, 15) is 8.42 Å². The van der Waals surface area contributed by atoms with E-state index >= 15 is 0 Å². The van der Waals surface area contributed by atoms with Crippen molar-refractivity contribution in [2.45, 2.75) is 30.7 Å². The number of benzene rings is 2. The summed E-state index contributed by atoms with van der Waals surface area (Å²) in [6.07, 6.45) is 4.90. The molecule has 1 atom stereocenters. The molecular formula is C28H29N5O3S. The highest BCUT2D eigenvalue weighted by Gasteiger charge is 2.31. The Morgan fingerprint density at radius 1 is 1.03 bits per heavy atom. The molecule has 1 fully saturated rings. The van der Waals surface area contributed by atoms with Gasteiger partial charge in [-0.05, 0) is 49.4 Å². The summed E-state index contributed by atoms with van der Waals surface area (Å²) in [6.45, 7) is 3.35. The van der Waals surface area contributed by atoms with Crippen LogP contribution in [0.3, 0.4) is 0 Å². The molecule has 37 heavy (non-hydrogen) atoms. The van der Waals surface area contributed by atoms with Gasteiger partial charge in [-0.2, -0.15) is 0 Å². The molecule has 0 amide bonds. The Labute approximate surface area is 215 Å². The van der Waals surface area contributed by atoms with Gasteiger partial charge in [0.15, 0.2) is 9.84 Å². The van der Waals surface area contributed by atoms with E-state index in [-0.39, 0.29) is 6.04 Å². The third-order valence-corrected chi connectivity index (χ3v) is 8.57. The lowest BCUT2D eigenvalue weighted by Crippen LogP contribution is -2.26. The molecular weight excluding hydrogens is 486 g/mol. The summed E-state index contributed by atoms with van der Waals surface area (Å²) < 4.78 is 35.6. The number of nitrogens with zero attached hydrogens (tertiary/aromatic N) is 5. The van der Waals surface area contributed by atoms with Crippen molar-refractivity contribution < 1.29 is 13.2 Å². The average Bonchev–Trinajstić information content (AvgIpc) is 3.41. The summed E-state index contributed by atoms with van der Waals surface area (Å²) in [7, 11) is -1.62. The van der Waals surface area contributed by atoms with E-state index in [0.29, 0.717) is 34.9 Å². The highest BCUT2D eigenvalue weighted by molar-refractivity contribution is 7.91. The first-order valence-corrected chi connectivity index (χ1v) is 14.4. The SMILES string of the molecule is Cc1nnn(C)c1-c1cnc2c3c(S(C)(=O)=O)cccc3n([C@H](c3ccccc3)C3CCOCC3)c2c1. The predicted octanol–water partition coefficient (Wildman–Crippen LogP) is 4.71. The second-order valence-electron chi connectivity index (χ2n) is 9.84. The van der Waals surface area contributed by atoms with Gasteiger partial charge in [0.2, 0.25) is 0 Å². The van der Waals surface area contributed by atoms with E-state index in [4.69, 9.17) is 9.72 Å². The molecule has 4 heterocycles. The van der Waals surface area contributed by atoms with Gasteiger partial charge in [0, 0.05) is 43.7 Å². The normalized spacial score (nSPS) is 16.0. The number of aromatic nitrogens is 5. The van der Waals surface area contributed by atoms with Crippen molar-refractivity contribution >= 4 is 31.8 Å². The van der Waals surface area contributed by atoms with Gasteiger partial charge in [-0.25, -0.2) is 13.1 Å². The van der Waals surface area contributed by atoms with Crippen molar-refractivity contribution in [1.29, 1.82) is 0 Å².